The topological polar surface area (TPSA) is 72.2 Å². The fourth-order valence-corrected chi connectivity index (χ4v) is 3.63. The van der Waals surface area contributed by atoms with Crippen LogP contribution in [0.4, 0.5) is 0 Å². The third-order valence-corrected chi connectivity index (χ3v) is 5.61. The molecule has 0 radical (unpaired) electrons. The Hall–Kier alpha value is -0.430. The maximum atomic E-state index is 12.3. The minimum atomic E-state index is -3.52. The quantitative estimate of drug-likeness (QED) is 0.829. The van der Waals surface area contributed by atoms with Gasteiger partial charge in [-0.15, -0.1) is 0 Å². The zero-order valence-corrected chi connectivity index (χ0v) is 13.9. The summed E-state index contributed by atoms with van der Waals surface area (Å²) >= 11 is 3.27. The van der Waals surface area contributed by atoms with E-state index in [1.165, 1.54) is 0 Å². The number of sulfonamides is 1. The molecular formula is C13H21BrN2O2S. The second-order valence-corrected chi connectivity index (χ2v) is 7.90. The van der Waals surface area contributed by atoms with Gasteiger partial charge in [-0.25, -0.2) is 13.1 Å². The molecule has 0 aromatic heterocycles. The molecule has 1 rings (SSSR count). The largest absolute Gasteiger partial charge is 0.326 e. The molecule has 6 heteroatoms. The Bertz CT molecular complexity index is 542. The van der Waals surface area contributed by atoms with Gasteiger partial charge in [0, 0.05) is 17.6 Å². The second kappa shape index (κ2) is 6.35. The Labute approximate surface area is 124 Å². The van der Waals surface area contributed by atoms with Crippen LogP contribution >= 0.6 is 15.9 Å². The van der Waals surface area contributed by atoms with Crippen LogP contribution in [0.15, 0.2) is 27.6 Å². The van der Waals surface area contributed by atoms with Gasteiger partial charge in [0.15, 0.2) is 0 Å². The lowest BCUT2D eigenvalue weighted by atomic mass is 9.91. The number of nitrogens with two attached hydrogens (primary N) is 1. The van der Waals surface area contributed by atoms with Gasteiger partial charge in [-0.05, 0) is 45.5 Å². The molecule has 0 aliphatic heterocycles. The summed E-state index contributed by atoms with van der Waals surface area (Å²) in [6.07, 6.45) is 0.902. The Balaban J connectivity index is 3.00. The van der Waals surface area contributed by atoms with Crippen LogP contribution in [0.25, 0.3) is 0 Å². The third-order valence-electron chi connectivity index (χ3n) is 3.22. The number of nitrogens with one attached hydrogen (secondary N) is 1. The fraction of sp³-hybridized carbons (Fsp3) is 0.538. The first-order valence-electron chi connectivity index (χ1n) is 6.20. The standard InChI is InChI=1S/C13H21BrN2O2S/c1-4-13(2,3)9-16-19(17,18)12-7-10(8-15)5-6-11(12)14/h5-7,16H,4,8-9,15H2,1-3H3. The normalized spacial score (nSPS) is 12.7. The van der Waals surface area contributed by atoms with Crippen LogP contribution in [0.3, 0.4) is 0 Å². The van der Waals surface area contributed by atoms with Crippen LogP contribution in [0, 0.1) is 5.41 Å². The molecule has 0 spiro atoms. The Morgan fingerprint density at radius 1 is 1.37 bits per heavy atom. The lowest BCUT2D eigenvalue weighted by Gasteiger charge is -2.23. The van der Waals surface area contributed by atoms with Gasteiger partial charge in [0.25, 0.3) is 0 Å². The van der Waals surface area contributed by atoms with E-state index >= 15 is 0 Å². The molecule has 1 aromatic rings. The average Bonchev–Trinajstić information content (AvgIpc) is 2.37. The molecule has 0 saturated carbocycles. The first-order chi connectivity index (χ1) is 8.72. The predicted molar refractivity (Wildman–Crippen MR) is 81.3 cm³/mol. The maximum absolute atomic E-state index is 12.3. The van der Waals surface area contributed by atoms with Crippen LogP contribution in [-0.2, 0) is 16.6 Å². The summed E-state index contributed by atoms with van der Waals surface area (Å²) < 4.78 is 27.8. The van der Waals surface area contributed by atoms with Gasteiger partial charge in [-0.1, -0.05) is 26.8 Å². The zero-order chi connectivity index (χ0) is 14.7. The van der Waals surface area contributed by atoms with E-state index in [9.17, 15) is 8.42 Å². The van der Waals surface area contributed by atoms with E-state index in [2.05, 4.69) is 20.7 Å². The van der Waals surface area contributed by atoms with Gasteiger partial charge in [-0.3, -0.25) is 0 Å². The summed E-state index contributed by atoms with van der Waals surface area (Å²) in [6, 6.07) is 5.12. The molecule has 4 nitrogen and oxygen atoms in total. The summed E-state index contributed by atoms with van der Waals surface area (Å²) in [7, 11) is -3.52. The highest BCUT2D eigenvalue weighted by atomic mass is 79.9. The van der Waals surface area contributed by atoms with Crippen molar-refractivity contribution in [3.63, 3.8) is 0 Å². The van der Waals surface area contributed by atoms with E-state index in [1.54, 1.807) is 18.2 Å². The zero-order valence-electron chi connectivity index (χ0n) is 11.5. The van der Waals surface area contributed by atoms with Gasteiger partial charge in [0.2, 0.25) is 10.0 Å². The van der Waals surface area contributed by atoms with Gasteiger partial charge >= 0.3 is 0 Å². The first-order valence-corrected chi connectivity index (χ1v) is 8.47. The van der Waals surface area contributed by atoms with Crippen LogP contribution < -0.4 is 10.5 Å². The molecule has 108 valence electrons. The molecule has 0 atom stereocenters. The van der Waals surface area contributed by atoms with Crippen molar-refractivity contribution >= 4 is 26.0 Å². The molecule has 0 amide bonds. The molecule has 1 aromatic carbocycles. The van der Waals surface area contributed by atoms with Crippen LogP contribution in [0.1, 0.15) is 32.8 Å². The fourth-order valence-electron chi connectivity index (χ4n) is 1.37. The predicted octanol–water partition coefficient (Wildman–Crippen LogP) is 2.62. The molecule has 3 N–H and O–H groups in total. The highest BCUT2D eigenvalue weighted by molar-refractivity contribution is 9.10. The molecular weight excluding hydrogens is 328 g/mol. The van der Waals surface area contributed by atoms with Crippen molar-refractivity contribution in [1.82, 2.24) is 4.72 Å². The lowest BCUT2D eigenvalue weighted by molar-refractivity contribution is 0.350. The minimum Gasteiger partial charge on any atom is -0.326 e. The van der Waals surface area contributed by atoms with E-state index < -0.39 is 10.0 Å². The number of rotatable bonds is 6. The third kappa shape index (κ3) is 4.56. The Kier molecular flexibility index (Phi) is 5.55. The average molecular weight is 349 g/mol. The van der Waals surface area contributed by atoms with Gasteiger partial charge in [-0.2, -0.15) is 0 Å². The van der Waals surface area contributed by atoms with Crippen molar-refractivity contribution in [1.29, 1.82) is 0 Å². The molecule has 0 heterocycles. The van der Waals surface area contributed by atoms with Crippen LogP contribution in [0.2, 0.25) is 0 Å². The van der Waals surface area contributed by atoms with E-state index in [1.807, 2.05) is 20.8 Å². The maximum Gasteiger partial charge on any atom is 0.241 e. The highest BCUT2D eigenvalue weighted by Crippen LogP contribution is 2.24. The molecule has 19 heavy (non-hydrogen) atoms. The molecule has 0 bridgehead atoms. The van der Waals surface area contributed by atoms with Crippen LogP contribution in [-0.4, -0.2) is 15.0 Å². The number of hydrogen-bond donors (Lipinski definition) is 2. The van der Waals surface area contributed by atoms with Crippen molar-refractivity contribution in [2.75, 3.05) is 6.54 Å². The molecule has 0 aliphatic rings. The van der Waals surface area contributed by atoms with Gasteiger partial charge in [0.05, 0.1) is 4.90 Å². The lowest BCUT2D eigenvalue weighted by Crippen LogP contribution is -2.33. The molecule has 0 saturated heterocycles. The van der Waals surface area contributed by atoms with Gasteiger partial charge < -0.3 is 5.73 Å². The van der Waals surface area contributed by atoms with Crippen molar-refractivity contribution in [2.24, 2.45) is 11.1 Å². The van der Waals surface area contributed by atoms with E-state index in [-0.39, 0.29) is 10.3 Å². The monoisotopic (exact) mass is 348 g/mol. The summed E-state index contributed by atoms with van der Waals surface area (Å²) in [4.78, 5) is 0.238. The van der Waals surface area contributed by atoms with E-state index in [0.717, 1.165) is 12.0 Å². The first kappa shape index (κ1) is 16.6. The minimum absolute atomic E-state index is 0.0645. The van der Waals surface area contributed by atoms with Crippen molar-refractivity contribution in [3.8, 4) is 0 Å². The molecule has 0 aliphatic carbocycles. The summed E-state index contributed by atoms with van der Waals surface area (Å²) in [5, 5.41) is 0. The van der Waals surface area contributed by atoms with Crippen molar-refractivity contribution in [3.05, 3.63) is 28.2 Å². The number of hydrogen-bond acceptors (Lipinski definition) is 3. The Morgan fingerprint density at radius 2 is 2.00 bits per heavy atom. The summed E-state index contributed by atoms with van der Waals surface area (Å²) in [5.41, 5.74) is 6.27. The number of halogens is 1. The second-order valence-electron chi connectivity index (χ2n) is 5.31. The summed E-state index contributed by atoms with van der Waals surface area (Å²) in [6.45, 7) is 6.82. The van der Waals surface area contributed by atoms with Crippen molar-refractivity contribution in [2.45, 2.75) is 38.6 Å². The van der Waals surface area contributed by atoms with E-state index in [0.29, 0.717) is 17.6 Å². The smallest absolute Gasteiger partial charge is 0.241 e. The number of benzene rings is 1. The molecule has 0 fully saturated rings. The Morgan fingerprint density at radius 3 is 2.53 bits per heavy atom. The van der Waals surface area contributed by atoms with E-state index in [4.69, 9.17) is 5.73 Å². The van der Waals surface area contributed by atoms with Gasteiger partial charge in [0.1, 0.15) is 0 Å². The SMILES string of the molecule is CCC(C)(C)CNS(=O)(=O)c1cc(CN)ccc1Br. The highest BCUT2D eigenvalue weighted by Gasteiger charge is 2.22. The molecule has 0 unspecified atom stereocenters. The summed E-state index contributed by atoms with van der Waals surface area (Å²) in [5.74, 6) is 0. The van der Waals surface area contributed by atoms with Crippen LogP contribution in [0.5, 0.6) is 0 Å². The van der Waals surface area contributed by atoms with Crippen molar-refractivity contribution < 1.29 is 8.42 Å².